The fourth-order valence-electron chi connectivity index (χ4n) is 2.67. The van der Waals surface area contributed by atoms with Crippen LogP contribution < -0.4 is 4.90 Å². The second kappa shape index (κ2) is 6.25. The van der Waals surface area contributed by atoms with Crippen molar-refractivity contribution in [1.29, 1.82) is 0 Å². The summed E-state index contributed by atoms with van der Waals surface area (Å²) in [4.78, 5) is 13.0. The predicted molar refractivity (Wildman–Crippen MR) is 83.8 cm³/mol. The van der Waals surface area contributed by atoms with Crippen LogP contribution in [0.1, 0.15) is 34.1 Å². The van der Waals surface area contributed by atoms with Gasteiger partial charge in [0.25, 0.3) is 0 Å². The van der Waals surface area contributed by atoms with Crippen molar-refractivity contribution in [3.05, 3.63) is 0 Å². The Kier molecular flexibility index (Phi) is 4.81. The summed E-state index contributed by atoms with van der Waals surface area (Å²) < 4.78 is 2.01. The molecule has 2 rings (SSSR count). The molecule has 1 unspecified atom stereocenters. The van der Waals surface area contributed by atoms with Gasteiger partial charge in [-0.1, -0.05) is 32.5 Å². The van der Waals surface area contributed by atoms with Crippen molar-refractivity contribution in [3.8, 4) is 0 Å². The molecule has 1 atom stereocenters. The average molecular weight is 312 g/mol. The lowest BCUT2D eigenvalue weighted by Crippen LogP contribution is -2.27. The number of nitrogens with zero attached hydrogens (tertiary/aromatic N) is 4. The van der Waals surface area contributed by atoms with Crippen LogP contribution in [-0.2, 0) is 11.3 Å². The minimum Gasteiger partial charge on any atom is -0.481 e. The highest BCUT2D eigenvalue weighted by molar-refractivity contribution is 7.99. The molecular weight excluding hydrogens is 288 g/mol. The lowest BCUT2D eigenvalue weighted by Gasteiger charge is -2.27. The standard InChI is InChI=1S/C14H24N4O2S/c1-5-18-12(15-16-13(18)21-9-11(19)20)17-7-6-10(8-17)14(2,3)4/h10H,5-9H2,1-4H3,(H,19,20). The number of rotatable bonds is 5. The van der Waals surface area contributed by atoms with E-state index < -0.39 is 5.97 Å². The first kappa shape index (κ1) is 16.1. The van der Waals surface area contributed by atoms with Gasteiger partial charge in [-0.25, -0.2) is 0 Å². The fourth-order valence-corrected chi connectivity index (χ4v) is 3.39. The summed E-state index contributed by atoms with van der Waals surface area (Å²) in [7, 11) is 0. The third-order valence-electron chi connectivity index (χ3n) is 4.03. The number of hydrogen-bond donors (Lipinski definition) is 1. The molecule has 0 spiro atoms. The second-order valence-electron chi connectivity index (χ2n) is 6.51. The van der Waals surface area contributed by atoms with E-state index in [0.29, 0.717) is 16.5 Å². The quantitative estimate of drug-likeness (QED) is 0.842. The molecule has 118 valence electrons. The molecule has 1 aliphatic heterocycles. The van der Waals surface area contributed by atoms with Crippen LogP contribution in [0.4, 0.5) is 5.95 Å². The highest BCUT2D eigenvalue weighted by atomic mass is 32.2. The van der Waals surface area contributed by atoms with Crippen LogP contribution in [0.15, 0.2) is 5.16 Å². The third-order valence-corrected chi connectivity index (χ3v) is 4.99. The summed E-state index contributed by atoms with van der Waals surface area (Å²) in [5.41, 5.74) is 0.298. The van der Waals surface area contributed by atoms with E-state index in [1.165, 1.54) is 11.8 Å². The van der Waals surface area contributed by atoms with E-state index in [0.717, 1.165) is 32.0 Å². The molecule has 1 fully saturated rings. The summed E-state index contributed by atoms with van der Waals surface area (Å²) in [6.45, 7) is 11.6. The van der Waals surface area contributed by atoms with Crippen molar-refractivity contribution in [2.24, 2.45) is 11.3 Å². The van der Waals surface area contributed by atoms with Crippen LogP contribution in [0, 0.1) is 11.3 Å². The van der Waals surface area contributed by atoms with Gasteiger partial charge in [0.2, 0.25) is 5.95 Å². The van der Waals surface area contributed by atoms with Crippen LogP contribution >= 0.6 is 11.8 Å². The van der Waals surface area contributed by atoms with Crippen molar-refractivity contribution in [3.63, 3.8) is 0 Å². The van der Waals surface area contributed by atoms with E-state index in [1.54, 1.807) is 0 Å². The van der Waals surface area contributed by atoms with E-state index in [9.17, 15) is 4.79 Å². The number of carbonyl (C=O) groups is 1. The van der Waals surface area contributed by atoms with E-state index >= 15 is 0 Å². The van der Waals surface area contributed by atoms with Gasteiger partial charge in [0.05, 0.1) is 5.75 Å². The Hall–Kier alpha value is -1.24. The number of aliphatic carboxylic acids is 1. The molecular formula is C14H24N4O2S. The van der Waals surface area contributed by atoms with Crippen molar-refractivity contribution in [1.82, 2.24) is 14.8 Å². The number of carboxylic acids is 1. The van der Waals surface area contributed by atoms with Crippen LogP contribution in [0.2, 0.25) is 0 Å². The Morgan fingerprint density at radius 2 is 2.14 bits per heavy atom. The van der Waals surface area contributed by atoms with Crippen molar-refractivity contribution >= 4 is 23.7 Å². The van der Waals surface area contributed by atoms with Gasteiger partial charge in [0.1, 0.15) is 0 Å². The molecule has 0 aliphatic carbocycles. The van der Waals surface area contributed by atoms with Crippen LogP contribution in [0.3, 0.4) is 0 Å². The zero-order valence-corrected chi connectivity index (χ0v) is 14.0. The van der Waals surface area contributed by atoms with Gasteiger partial charge in [0.15, 0.2) is 5.16 Å². The summed E-state index contributed by atoms with van der Waals surface area (Å²) in [6.07, 6.45) is 1.16. The Balaban J connectivity index is 2.12. The van der Waals surface area contributed by atoms with E-state index in [4.69, 9.17) is 5.11 Å². The average Bonchev–Trinajstić information content (AvgIpc) is 3.01. The number of carboxylic acid groups (broad SMARTS) is 1. The van der Waals surface area contributed by atoms with Crippen LogP contribution in [0.5, 0.6) is 0 Å². The molecule has 0 saturated carbocycles. The summed E-state index contributed by atoms with van der Waals surface area (Å²) >= 11 is 1.23. The Labute approximate surface area is 129 Å². The molecule has 1 saturated heterocycles. The van der Waals surface area contributed by atoms with Gasteiger partial charge >= 0.3 is 5.97 Å². The van der Waals surface area contributed by atoms with Crippen molar-refractivity contribution in [2.75, 3.05) is 23.7 Å². The summed E-state index contributed by atoms with van der Waals surface area (Å²) in [6, 6.07) is 0. The maximum absolute atomic E-state index is 10.7. The smallest absolute Gasteiger partial charge is 0.313 e. The van der Waals surface area contributed by atoms with Gasteiger partial charge in [-0.15, -0.1) is 10.2 Å². The first-order chi connectivity index (χ1) is 9.82. The van der Waals surface area contributed by atoms with E-state index in [-0.39, 0.29) is 5.75 Å². The fraction of sp³-hybridized carbons (Fsp3) is 0.786. The number of aromatic nitrogens is 3. The lowest BCUT2D eigenvalue weighted by molar-refractivity contribution is -0.133. The zero-order chi connectivity index (χ0) is 15.6. The normalized spacial score (nSPS) is 19.2. The topological polar surface area (TPSA) is 71.2 Å². The van der Waals surface area contributed by atoms with Crippen LogP contribution in [0.25, 0.3) is 0 Å². The molecule has 7 heteroatoms. The molecule has 1 N–H and O–H groups in total. The number of thioether (sulfide) groups is 1. The van der Waals surface area contributed by atoms with Gasteiger partial charge in [-0.3, -0.25) is 9.36 Å². The monoisotopic (exact) mass is 312 g/mol. The van der Waals surface area contributed by atoms with Crippen LogP contribution in [-0.4, -0.2) is 44.7 Å². The molecule has 0 bridgehead atoms. The molecule has 6 nitrogen and oxygen atoms in total. The number of anilines is 1. The first-order valence-electron chi connectivity index (χ1n) is 7.35. The SMILES string of the molecule is CCn1c(SCC(=O)O)nnc1N1CCC(C(C)(C)C)C1. The molecule has 2 heterocycles. The van der Waals surface area contributed by atoms with E-state index in [2.05, 4.69) is 35.9 Å². The molecule has 1 aromatic rings. The highest BCUT2D eigenvalue weighted by Gasteiger charge is 2.33. The molecule has 21 heavy (non-hydrogen) atoms. The Bertz CT molecular complexity index is 510. The molecule has 1 aliphatic rings. The maximum Gasteiger partial charge on any atom is 0.313 e. The zero-order valence-electron chi connectivity index (χ0n) is 13.2. The molecule has 0 amide bonds. The maximum atomic E-state index is 10.7. The molecule has 0 radical (unpaired) electrons. The Morgan fingerprint density at radius 3 is 2.67 bits per heavy atom. The minimum absolute atomic E-state index is 0.0166. The van der Waals surface area contributed by atoms with Gasteiger partial charge in [-0.2, -0.15) is 0 Å². The Morgan fingerprint density at radius 1 is 1.43 bits per heavy atom. The third kappa shape index (κ3) is 3.70. The predicted octanol–water partition coefficient (Wildman–Crippen LogP) is 2.35. The summed E-state index contributed by atoms with van der Waals surface area (Å²) in [5, 5.41) is 17.9. The van der Waals surface area contributed by atoms with E-state index in [1.807, 2.05) is 11.5 Å². The van der Waals surface area contributed by atoms with Gasteiger partial charge < -0.3 is 10.0 Å². The van der Waals surface area contributed by atoms with Crippen molar-refractivity contribution in [2.45, 2.75) is 45.8 Å². The molecule has 0 aromatic carbocycles. The van der Waals surface area contributed by atoms with Gasteiger partial charge in [0, 0.05) is 19.6 Å². The largest absolute Gasteiger partial charge is 0.481 e. The minimum atomic E-state index is -0.832. The first-order valence-corrected chi connectivity index (χ1v) is 8.34. The number of hydrogen-bond acceptors (Lipinski definition) is 5. The molecule has 1 aromatic heterocycles. The second-order valence-corrected chi connectivity index (χ2v) is 7.45. The highest BCUT2D eigenvalue weighted by Crippen LogP contribution is 2.35. The lowest BCUT2D eigenvalue weighted by atomic mass is 9.80. The summed E-state index contributed by atoms with van der Waals surface area (Å²) in [5.74, 6) is 0.705. The van der Waals surface area contributed by atoms with Crippen molar-refractivity contribution < 1.29 is 9.90 Å². The van der Waals surface area contributed by atoms with Gasteiger partial charge in [-0.05, 0) is 24.7 Å².